The normalized spacial score (nSPS) is 18.0. The number of rotatable bonds is 1. The molecule has 0 bridgehead atoms. The van der Waals surface area contributed by atoms with Crippen LogP contribution in [-0.4, -0.2) is 0 Å². The fourth-order valence-electron chi connectivity index (χ4n) is 1.17. The SMILES string of the molecule is Fc1cc(F)cc([C]2[CH][CH][CH][N]2)c1. The molecule has 1 aliphatic rings. The summed E-state index contributed by atoms with van der Waals surface area (Å²) in [6.45, 7) is 1.58. The van der Waals surface area contributed by atoms with Crippen LogP contribution in [0.2, 0.25) is 0 Å². The highest BCUT2D eigenvalue weighted by molar-refractivity contribution is 5.40. The predicted molar refractivity (Wildman–Crippen MR) is 43.7 cm³/mol. The zero-order valence-corrected chi connectivity index (χ0v) is 6.67. The van der Waals surface area contributed by atoms with E-state index in [-0.39, 0.29) is 0 Å². The molecule has 5 radical (unpaired) electrons. The van der Waals surface area contributed by atoms with Crippen molar-refractivity contribution in [2.24, 2.45) is 0 Å². The van der Waals surface area contributed by atoms with Crippen molar-refractivity contribution in [2.45, 2.75) is 0 Å². The Bertz CT molecular complexity index is 286. The highest BCUT2D eigenvalue weighted by Gasteiger charge is 2.20. The van der Waals surface area contributed by atoms with E-state index in [1.165, 1.54) is 12.1 Å². The summed E-state index contributed by atoms with van der Waals surface area (Å²) in [6.07, 6.45) is 3.42. The van der Waals surface area contributed by atoms with Gasteiger partial charge >= 0.3 is 0 Å². The molecule has 0 saturated carbocycles. The molecule has 1 nitrogen and oxygen atoms in total. The molecule has 65 valence electrons. The second kappa shape index (κ2) is 3.42. The van der Waals surface area contributed by atoms with Crippen molar-refractivity contribution in [2.75, 3.05) is 0 Å². The fourth-order valence-corrected chi connectivity index (χ4v) is 1.17. The van der Waals surface area contributed by atoms with E-state index in [1.807, 2.05) is 0 Å². The first-order valence-corrected chi connectivity index (χ1v) is 3.80. The molecule has 0 N–H and O–H groups in total. The van der Waals surface area contributed by atoms with Crippen molar-refractivity contribution in [1.29, 1.82) is 0 Å². The second-order valence-electron chi connectivity index (χ2n) is 2.68. The molecule has 1 aliphatic heterocycles. The molecule has 0 aromatic heterocycles. The molecule has 0 atom stereocenters. The molecule has 0 spiro atoms. The minimum atomic E-state index is -0.585. The first-order valence-electron chi connectivity index (χ1n) is 3.80. The Balaban J connectivity index is 2.28. The zero-order chi connectivity index (χ0) is 9.26. The van der Waals surface area contributed by atoms with Crippen LogP contribution in [0.15, 0.2) is 18.2 Å². The molecule has 3 heteroatoms. The van der Waals surface area contributed by atoms with Crippen molar-refractivity contribution in [3.8, 4) is 0 Å². The van der Waals surface area contributed by atoms with Crippen molar-refractivity contribution in [1.82, 2.24) is 5.32 Å². The van der Waals surface area contributed by atoms with Crippen LogP contribution >= 0.6 is 0 Å². The average Bonchev–Trinajstić information content (AvgIpc) is 2.53. The number of halogens is 2. The lowest BCUT2D eigenvalue weighted by Gasteiger charge is -2.07. The van der Waals surface area contributed by atoms with E-state index in [9.17, 15) is 8.78 Å². The van der Waals surface area contributed by atoms with Crippen LogP contribution in [0.3, 0.4) is 0 Å². The van der Waals surface area contributed by atoms with E-state index >= 15 is 0 Å². The van der Waals surface area contributed by atoms with Crippen LogP contribution < -0.4 is 5.32 Å². The Hall–Kier alpha value is -0.960. The summed E-state index contributed by atoms with van der Waals surface area (Å²) in [5.74, 6) is -1.17. The van der Waals surface area contributed by atoms with Crippen LogP contribution in [-0.2, 0) is 0 Å². The number of benzene rings is 1. The van der Waals surface area contributed by atoms with Crippen LogP contribution in [0, 0.1) is 37.1 Å². The average molecular weight is 178 g/mol. The number of hydrogen-bond donors (Lipinski definition) is 0. The minimum Gasteiger partial charge on any atom is -0.222 e. The standard InChI is InChI=1S/C10H6F2N/c11-8-4-7(5-9(12)6-8)10-2-1-3-13-10/h1-6H. The molecule has 1 heterocycles. The van der Waals surface area contributed by atoms with Crippen molar-refractivity contribution >= 4 is 0 Å². The van der Waals surface area contributed by atoms with Gasteiger partial charge in [-0.2, -0.15) is 0 Å². The van der Waals surface area contributed by atoms with E-state index in [1.54, 1.807) is 19.4 Å². The molecule has 1 aromatic carbocycles. The Kier molecular flexibility index (Phi) is 2.27. The smallest absolute Gasteiger partial charge is 0.126 e. The lowest BCUT2D eigenvalue weighted by atomic mass is 10.1. The predicted octanol–water partition coefficient (Wildman–Crippen LogP) is 2.03. The molecule has 13 heavy (non-hydrogen) atoms. The van der Waals surface area contributed by atoms with E-state index in [2.05, 4.69) is 5.32 Å². The third-order valence-corrected chi connectivity index (χ3v) is 1.71. The highest BCUT2D eigenvalue weighted by Crippen LogP contribution is 2.24. The lowest BCUT2D eigenvalue weighted by molar-refractivity contribution is 0.580. The Morgan fingerprint density at radius 1 is 1.00 bits per heavy atom. The summed E-state index contributed by atoms with van der Waals surface area (Å²) in [4.78, 5) is 0. The molecule has 2 rings (SSSR count). The Morgan fingerprint density at radius 2 is 1.69 bits per heavy atom. The van der Waals surface area contributed by atoms with E-state index < -0.39 is 11.6 Å². The van der Waals surface area contributed by atoms with Gasteiger partial charge in [0.05, 0.1) is 6.04 Å². The minimum absolute atomic E-state index is 0.461. The summed E-state index contributed by atoms with van der Waals surface area (Å²) in [5, 5.41) is 3.94. The Labute approximate surface area is 75.8 Å². The summed E-state index contributed by atoms with van der Waals surface area (Å²) < 4.78 is 25.5. The molecule has 1 fully saturated rings. The van der Waals surface area contributed by atoms with Gasteiger partial charge in [-0.1, -0.05) is 0 Å². The molecule has 0 aliphatic carbocycles. The molecular formula is C10H6F2N. The van der Waals surface area contributed by atoms with Gasteiger partial charge in [-0.3, -0.25) is 0 Å². The maximum absolute atomic E-state index is 12.8. The first-order chi connectivity index (χ1) is 6.25. The molecule has 1 aromatic rings. The quantitative estimate of drug-likeness (QED) is 0.624. The van der Waals surface area contributed by atoms with E-state index in [4.69, 9.17) is 0 Å². The second-order valence-corrected chi connectivity index (χ2v) is 2.68. The Morgan fingerprint density at radius 3 is 2.23 bits per heavy atom. The fraction of sp³-hybridized carbons (Fsp3) is 0. The van der Waals surface area contributed by atoms with Gasteiger partial charge in [0.15, 0.2) is 0 Å². The monoisotopic (exact) mass is 178 g/mol. The van der Waals surface area contributed by atoms with Gasteiger partial charge < -0.3 is 0 Å². The van der Waals surface area contributed by atoms with E-state index in [0.29, 0.717) is 11.6 Å². The van der Waals surface area contributed by atoms with Gasteiger partial charge in [0.25, 0.3) is 0 Å². The summed E-state index contributed by atoms with van der Waals surface area (Å²) >= 11 is 0. The van der Waals surface area contributed by atoms with Gasteiger partial charge in [0.2, 0.25) is 0 Å². The molecule has 0 amide bonds. The maximum Gasteiger partial charge on any atom is 0.126 e. The van der Waals surface area contributed by atoms with Gasteiger partial charge in [-0.05, 0) is 30.5 Å². The zero-order valence-electron chi connectivity index (χ0n) is 6.67. The molecule has 0 unspecified atom stereocenters. The van der Waals surface area contributed by atoms with Gasteiger partial charge in [-0.25, -0.2) is 14.1 Å². The van der Waals surface area contributed by atoms with Crippen molar-refractivity contribution in [3.63, 3.8) is 0 Å². The van der Waals surface area contributed by atoms with Crippen LogP contribution in [0.25, 0.3) is 0 Å². The topological polar surface area (TPSA) is 14.1 Å². The van der Waals surface area contributed by atoms with Gasteiger partial charge in [0, 0.05) is 12.6 Å². The summed E-state index contributed by atoms with van der Waals surface area (Å²) in [5.41, 5.74) is 0.461. The molecular weight excluding hydrogens is 172 g/mol. The van der Waals surface area contributed by atoms with Crippen LogP contribution in [0.5, 0.6) is 0 Å². The lowest BCUT2D eigenvalue weighted by Crippen LogP contribution is -2.05. The van der Waals surface area contributed by atoms with Gasteiger partial charge in [0.1, 0.15) is 11.6 Å². The first kappa shape index (κ1) is 8.63. The third kappa shape index (κ3) is 1.86. The van der Waals surface area contributed by atoms with E-state index in [0.717, 1.165) is 6.07 Å². The molecule has 1 saturated heterocycles. The highest BCUT2D eigenvalue weighted by atomic mass is 19.1. The van der Waals surface area contributed by atoms with Crippen molar-refractivity contribution < 1.29 is 8.78 Å². The number of hydrogen-bond acceptors (Lipinski definition) is 0. The third-order valence-electron chi connectivity index (χ3n) is 1.71. The summed E-state index contributed by atoms with van der Waals surface area (Å²) in [6, 6.07) is 3.93. The summed E-state index contributed by atoms with van der Waals surface area (Å²) in [7, 11) is 0. The van der Waals surface area contributed by atoms with Crippen LogP contribution in [0.1, 0.15) is 5.56 Å². The number of nitrogens with zero attached hydrogens (tertiary/aromatic N) is 1. The largest absolute Gasteiger partial charge is 0.222 e. The maximum atomic E-state index is 12.8. The van der Waals surface area contributed by atoms with Crippen LogP contribution in [0.4, 0.5) is 8.78 Å². The van der Waals surface area contributed by atoms with Crippen molar-refractivity contribution in [3.05, 3.63) is 60.8 Å². The van der Waals surface area contributed by atoms with Gasteiger partial charge in [-0.15, -0.1) is 0 Å².